The Morgan fingerprint density at radius 3 is 2.17 bits per heavy atom. The van der Waals surface area contributed by atoms with Crippen LogP contribution in [0.25, 0.3) is 0 Å². The van der Waals surface area contributed by atoms with Gasteiger partial charge in [0.15, 0.2) is 0 Å². The molecule has 2 N–H and O–H groups in total. The predicted octanol–water partition coefficient (Wildman–Crippen LogP) is 2.46. The maximum Gasteiger partial charge on any atom is 0.326 e. The van der Waals surface area contributed by atoms with E-state index in [2.05, 4.69) is 5.32 Å². The summed E-state index contributed by atoms with van der Waals surface area (Å²) in [6.07, 6.45) is 3.93. The van der Waals surface area contributed by atoms with E-state index in [-0.39, 0.29) is 12.1 Å². The van der Waals surface area contributed by atoms with Gasteiger partial charge in [-0.1, -0.05) is 33.6 Å². The number of nitrogens with zero attached hydrogens (tertiary/aromatic N) is 1. The second-order valence-electron chi connectivity index (χ2n) is 4.56. The fourth-order valence-electron chi connectivity index (χ4n) is 1.92. The molecule has 0 aliphatic heterocycles. The van der Waals surface area contributed by atoms with E-state index in [1.165, 1.54) is 0 Å². The van der Waals surface area contributed by atoms with Crippen molar-refractivity contribution in [1.29, 1.82) is 0 Å². The van der Waals surface area contributed by atoms with E-state index in [0.29, 0.717) is 6.42 Å². The van der Waals surface area contributed by atoms with Crippen LogP contribution in [0.2, 0.25) is 0 Å². The van der Waals surface area contributed by atoms with E-state index in [1.54, 1.807) is 11.9 Å². The molecule has 0 aromatic rings. The number of nitrogens with one attached hydrogen (secondary N) is 1. The molecule has 0 fully saturated rings. The van der Waals surface area contributed by atoms with Gasteiger partial charge in [0, 0.05) is 13.1 Å². The molecule has 1 atom stereocenters. The summed E-state index contributed by atoms with van der Waals surface area (Å²) in [6.45, 7) is 6.03. The molecule has 0 radical (unpaired) electrons. The van der Waals surface area contributed by atoms with Crippen LogP contribution in [0.4, 0.5) is 4.79 Å². The van der Waals surface area contributed by atoms with Gasteiger partial charge in [0.25, 0.3) is 0 Å². The number of hydrogen-bond donors (Lipinski definition) is 2. The van der Waals surface area contributed by atoms with E-state index in [4.69, 9.17) is 5.11 Å². The molecule has 18 heavy (non-hydrogen) atoms. The topological polar surface area (TPSA) is 69.6 Å². The van der Waals surface area contributed by atoms with Gasteiger partial charge in [-0.3, -0.25) is 0 Å². The Balaban J connectivity index is 4.44. The van der Waals surface area contributed by atoms with E-state index < -0.39 is 12.0 Å². The molecule has 0 aromatic carbocycles. The number of amides is 2. The lowest BCUT2D eigenvalue weighted by Crippen LogP contribution is -2.49. The van der Waals surface area contributed by atoms with Crippen molar-refractivity contribution in [2.75, 3.05) is 7.05 Å². The maximum atomic E-state index is 11.9. The zero-order valence-electron chi connectivity index (χ0n) is 11.9. The minimum atomic E-state index is -0.963. The van der Waals surface area contributed by atoms with E-state index in [1.807, 2.05) is 20.8 Å². The molecule has 0 saturated heterocycles. The van der Waals surface area contributed by atoms with Gasteiger partial charge in [-0.2, -0.15) is 0 Å². The first-order chi connectivity index (χ1) is 8.47. The minimum Gasteiger partial charge on any atom is -0.480 e. The van der Waals surface area contributed by atoms with Crippen LogP contribution in [0, 0.1) is 0 Å². The molecule has 0 unspecified atom stereocenters. The number of hydrogen-bond acceptors (Lipinski definition) is 2. The van der Waals surface area contributed by atoms with Crippen LogP contribution in [-0.4, -0.2) is 41.1 Å². The fraction of sp³-hybridized carbons (Fsp3) is 0.846. The zero-order chi connectivity index (χ0) is 14.1. The van der Waals surface area contributed by atoms with Gasteiger partial charge in [0.2, 0.25) is 0 Å². The molecule has 2 amide bonds. The second kappa shape index (κ2) is 8.78. The van der Waals surface area contributed by atoms with Crippen molar-refractivity contribution in [1.82, 2.24) is 10.2 Å². The molecule has 0 saturated carbocycles. The third-order valence-corrected chi connectivity index (χ3v) is 3.25. The standard InChI is InChI=1S/C13H26N2O3/c1-5-8-9-11(12(16)17)14-13(18)15(4)10(6-2)7-3/h10-11H,5-9H2,1-4H3,(H,14,18)(H,16,17)/t11-/m0/s1. The van der Waals surface area contributed by atoms with Crippen molar-refractivity contribution in [2.24, 2.45) is 0 Å². The highest BCUT2D eigenvalue weighted by atomic mass is 16.4. The van der Waals surface area contributed by atoms with Crippen molar-refractivity contribution in [3.8, 4) is 0 Å². The number of unbranched alkanes of at least 4 members (excludes halogenated alkanes) is 1. The molecular weight excluding hydrogens is 232 g/mol. The highest BCUT2D eigenvalue weighted by Crippen LogP contribution is 2.07. The zero-order valence-corrected chi connectivity index (χ0v) is 11.9. The Bertz CT molecular complexity index is 265. The highest BCUT2D eigenvalue weighted by Gasteiger charge is 2.23. The summed E-state index contributed by atoms with van der Waals surface area (Å²) in [5.41, 5.74) is 0. The third-order valence-electron chi connectivity index (χ3n) is 3.25. The lowest BCUT2D eigenvalue weighted by molar-refractivity contribution is -0.139. The van der Waals surface area contributed by atoms with Gasteiger partial charge < -0.3 is 15.3 Å². The summed E-state index contributed by atoms with van der Waals surface area (Å²) in [4.78, 5) is 24.6. The van der Waals surface area contributed by atoms with Crippen LogP contribution in [0.15, 0.2) is 0 Å². The van der Waals surface area contributed by atoms with E-state index >= 15 is 0 Å². The molecule has 106 valence electrons. The van der Waals surface area contributed by atoms with Crippen molar-refractivity contribution in [3.63, 3.8) is 0 Å². The van der Waals surface area contributed by atoms with Gasteiger partial charge in [0.05, 0.1) is 0 Å². The normalized spacial score (nSPS) is 12.3. The van der Waals surface area contributed by atoms with Crippen LogP contribution in [0.1, 0.15) is 52.9 Å². The quantitative estimate of drug-likeness (QED) is 0.702. The Morgan fingerprint density at radius 1 is 1.22 bits per heavy atom. The minimum absolute atomic E-state index is 0.158. The average Bonchev–Trinajstić information content (AvgIpc) is 2.35. The fourth-order valence-corrected chi connectivity index (χ4v) is 1.92. The molecule has 0 rings (SSSR count). The van der Waals surface area contributed by atoms with Crippen LogP contribution < -0.4 is 5.32 Å². The van der Waals surface area contributed by atoms with Crippen molar-refractivity contribution < 1.29 is 14.7 Å². The first-order valence-corrected chi connectivity index (χ1v) is 6.73. The number of carboxylic acids is 1. The van der Waals surface area contributed by atoms with Gasteiger partial charge in [0.1, 0.15) is 6.04 Å². The Morgan fingerprint density at radius 2 is 1.78 bits per heavy atom. The Kier molecular flexibility index (Phi) is 8.16. The van der Waals surface area contributed by atoms with Crippen molar-refractivity contribution in [3.05, 3.63) is 0 Å². The molecule has 0 bridgehead atoms. The second-order valence-corrected chi connectivity index (χ2v) is 4.56. The van der Waals surface area contributed by atoms with E-state index in [0.717, 1.165) is 25.7 Å². The summed E-state index contributed by atoms with van der Waals surface area (Å²) < 4.78 is 0. The monoisotopic (exact) mass is 258 g/mol. The Hall–Kier alpha value is -1.26. The largest absolute Gasteiger partial charge is 0.480 e. The predicted molar refractivity (Wildman–Crippen MR) is 71.6 cm³/mol. The summed E-state index contributed by atoms with van der Waals surface area (Å²) in [5, 5.41) is 11.6. The van der Waals surface area contributed by atoms with Gasteiger partial charge in [-0.25, -0.2) is 9.59 Å². The molecule has 5 heteroatoms. The number of urea groups is 1. The first-order valence-electron chi connectivity index (χ1n) is 6.73. The number of rotatable bonds is 8. The molecular formula is C13H26N2O3. The number of aliphatic carboxylic acids is 1. The molecule has 0 aliphatic rings. The van der Waals surface area contributed by atoms with Crippen LogP contribution in [0.3, 0.4) is 0 Å². The number of carbonyl (C=O) groups excluding carboxylic acids is 1. The SMILES string of the molecule is CCCC[C@H](NC(=O)N(C)C(CC)CC)C(=O)O. The number of carbonyl (C=O) groups is 2. The Labute approximate surface area is 110 Å². The molecule has 0 spiro atoms. The van der Waals surface area contributed by atoms with Crippen molar-refractivity contribution >= 4 is 12.0 Å². The smallest absolute Gasteiger partial charge is 0.326 e. The maximum absolute atomic E-state index is 11.9. The lowest BCUT2D eigenvalue weighted by Gasteiger charge is -2.28. The summed E-state index contributed by atoms with van der Waals surface area (Å²) >= 11 is 0. The lowest BCUT2D eigenvalue weighted by atomic mass is 10.1. The molecule has 5 nitrogen and oxygen atoms in total. The summed E-state index contributed by atoms with van der Waals surface area (Å²) in [6, 6.07) is -0.924. The number of carboxylic acid groups (broad SMARTS) is 1. The van der Waals surface area contributed by atoms with Crippen molar-refractivity contribution in [2.45, 2.75) is 65.0 Å². The summed E-state index contributed by atoms with van der Waals surface area (Å²) in [5.74, 6) is -0.963. The van der Waals surface area contributed by atoms with Gasteiger partial charge in [-0.05, 0) is 19.3 Å². The van der Waals surface area contributed by atoms with Gasteiger partial charge >= 0.3 is 12.0 Å². The molecule has 0 heterocycles. The highest BCUT2D eigenvalue weighted by molar-refractivity contribution is 5.82. The molecule has 0 aliphatic carbocycles. The van der Waals surface area contributed by atoms with Crippen LogP contribution in [-0.2, 0) is 4.79 Å². The van der Waals surface area contributed by atoms with E-state index in [9.17, 15) is 9.59 Å². The van der Waals surface area contributed by atoms with Crippen LogP contribution in [0.5, 0.6) is 0 Å². The molecule has 0 aromatic heterocycles. The average molecular weight is 258 g/mol. The first kappa shape index (κ1) is 16.7. The summed E-state index contributed by atoms with van der Waals surface area (Å²) in [7, 11) is 1.71. The van der Waals surface area contributed by atoms with Crippen LogP contribution >= 0.6 is 0 Å². The van der Waals surface area contributed by atoms with Gasteiger partial charge in [-0.15, -0.1) is 0 Å². The third kappa shape index (κ3) is 5.38.